The van der Waals surface area contributed by atoms with Gasteiger partial charge in [-0.05, 0) is 24.3 Å². The van der Waals surface area contributed by atoms with Crippen molar-refractivity contribution in [3.8, 4) is 23.0 Å². The molecular weight excluding hydrogens is 392 g/mol. The van der Waals surface area contributed by atoms with Crippen molar-refractivity contribution in [3.63, 3.8) is 0 Å². The quantitative estimate of drug-likeness (QED) is 0.729. The van der Waals surface area contributed by atoms with E-state index in [4.69, 9.17) is 23.7 Å². The Labute approximate surface area is 152 Å². The lowest BCUT2D eigenvalue weighted by Crippen LogP contribution is -2.37. The van der Waals surface area contributed by atoms with Gasteiger partial charge in [-0.25, -0.2) is 4.79 Å². The number of halogens is 1. The predicted molar refractivity (Wildman–Crippen MR) is 91.3 cm³/mol. The minimum absolute atomic E-state index is 0.0948. The standard InChI is InChI=1S/C18H15BrO6/c19-12-8-16-15(21-5-6-22-16)7-11(12)9-24-18(20)17-10-23-13-3-1-2-4-14(13)25-17/h1-4,7-8,17H,5-6,9-10H2/t17-/m0/s1. The SMILES string of the molecule is O=C(OCc1cc2c(cc1Br)OCCO2)[C@@H]1COc2ccccc2O1. The molecule has 0 fully saturated rings. The highest BCUT2D eigenvalue weighted by Crippen LogP contribution is 2.36. The molecule has 0 saturated heterocycles. The van der Waals surface area contributed by atoms with E-state index in [0.29, 0.717) is 36.2 Å². The molecule has 130 valence electrons. The maximum atomic E-state index is 12.3. The molecule has 0 bridgehead atoms. The second-order valence-corrected chi connectivity index (χ2v) is 6.41. The normalized spacial score (nSPS) is 17.7. The summed E-state index contributed by atoms with van der Waals surface area (Å²) >= 11 is 3.46. The van der Waals surface area contributed by atoms with Crippen molar-refractivity contribution in [3.05, 3.63) is 46.4 Å². The Balaban J connectivity index is 1.41. The zero-order valence-electron chi connectivity index (χ0n) is 13.2. The van der Waals surface area contributed by atoms with Gasteiger partial charge in [-0.1, -0.05) is 28.1 Å². The van der Waals surface area contributed by atoms with Crippen LogP contribution in [-0.4, -0.2) is 31.9 Å². The van der Waals surface area contributed by atoms with Gasteiger partial charge in [-0.15, -0.1) is 0 Å². The van der Waals surface area contributed by atoms with E-state index in [1.165, 1.54) is 0 Å². The van der Waals surface area contributed by atoms with Crippen LogP contribution in [0.3, 0.4) is 0 Å². The number of fused-ring (bicyclic) bond motifs is 2. The summed E-state index contributed by atoms with van der Waals surface area (Å²) < 4.78 is 28.4. The molecule has 7 heteroatoms. The minimum Gasteiger partial charge on any atom is -0.486 e. The summed E-state index contributed by atoms with van der Waals surface area (Å²) in [5, 5.41) is 0. The highest BCUT2D eigenvalue weighted by Gasteiger charge is 2.29. The molecule has 0 unspecified atom stereocenters. The highest BCUT2D eigenvalue weighted by atomic mass is 79.9. The smallest absolute Gasteiger partial charge is 0.351 e. The van der Waals surface area contributed by atoms with Gasteiger partial charge < -0.3 is 23.7 Å². The first-order valence-corrected chi connectivity index (χ1v) is 8.63. The first kappa shape index (κ1) is 16.1. The van der Waals surface area contributed by atoms with Crippen LogP contribution < -0.4 is 18.9 Å². The summed E-state index contributed by atoms with van der Waals surface area (Å²) in [4.78, 5) is 12.3. The Bertz CT molecular complexity index is 806. The third-order valence-corrected chi connectivity index (χ3v) is 4.59. The van der Waals surface area contributed by atoms with Crippen LogP contribution >= 0.6 is 15.9 Å². The van der Waals surface area contributed by atoms with Crippen LogP contribution in [0.25, 0.3) is 0 Å². The zero-order valence-corrected chi connectivity index (χ0v) is 14.8. The molecule has 0 N–H and O–H groups in total. The maximum absolute atomic E-state index is 12.3. The molecule has 0 spiro atoms. The molecule has 1 atom stereocenters. The Morgan fingerprint density at radius 3 is 2.56 bits per heavy atom. The molecule has 2 aromatic carbocycles. The van der Waals surface area contributed by atoms with E-state index in [9.17, 15) is 4.79 Å². The predicted octanol–water partition coefficient (Wildman–Crippen LogP) is 3.10. The molecule has 2 aliphatic heterocycles. The average Bonchev–Trinajstić information content (AvgIpc) is 2.65. The van der Waals surface area contributed by atoms with Crippen LogP contribution in [0.5, 0.6) is 23.0 Å². The molecule has 0 saturated carbocycles. The number of esters is 1. The van der Waals surface area contributed by atoms with E-state index >= 15 is 0 Å². The zero-order chi connectivity index (χ0) is 17.2. The number of hydrogen-bond donors (Lipinski definition) is 0. The van der Waals surface area contributed by atoms with E-state index in [2.05, 4.69) is 15.9 Å². The van der Waals surface area contributed by atoms with E-state index in [1.807, 2.05) is 18.2 Å². The lowest BCUT2D eigenvalue weighted by molar-refractivity contribution is -0.155. The number of carbonyl (C=O) groups is 1. The number of benzene rings is 2. The highest BCUT2D eigenvalue weighted by molar-refractivity contribution is 9.10. The molecule has 4 rings (SSSR count). The molecular formula is C18H15BrO6. The summed E-state index contributed by atoms with van der Waals surface area (Å²) in [6, 6.07) is 10.8. The van der Waals surface area contributed by atoms with Gasteiger partial charge in [0.2, 0.25) is 6.10 Å². The molecule has 0 amide bonds. The molecule has 0 aromatic heterocycles. The van der Waals surface area contributed by atoms with Crippen molar-refractivity contribution in [2.75, 3.05) is 19.8 Å². The lowest BCUT2D eigenvalue weighted by atomic mass is 10.2. The fraction of sp³-hybridized carbons (Fsp3) is 0.278. The van der Waals surface area contributed by atoms with Crippen LogP contribution in [0.15, 0.2) is 40.9 Å². The molecule has 2 heterocycles. The Kier molecular flexibility index (Phi) is 4.40. The number of ether oxygens (including phenoxy) is 5. The topological polar surface area (TPSA) is 63.2 Å². The van der Waals surface area contributed by atoms with Crippen molar-refractivity contribution in [1.29, 1.82) is 0 Å². The fourth-order valence-corrected chi connectivity index (χ4v) is 3.03. The molecule has 0 radical (unpaired) electrons. The third kappa shape index (κ3) is 3.37. The van der Waals surface area contributed by atoms with Gasteiger partial charge >= 0.3 is 5.97 Å². The van der Waals surface area contributed by atoms with Crippen LogP contribution in [0.4, 0.5) is 0 Å². The van der Waals surface area contributed by atoms with E-state index in [-0.39, 0.29) is 13.2 Å². The van der Waals surface area contributed by atoms with Gasteiger partial charge in [0.15, 0.2) is 23.0 Å². The Morgan fingerprint density at radius 1 is 1.04 bits per heavy atom. The summed E-state index contributed by atoms with van der Waals surface area (Å²) in [5.41, 5.74) is 0.787. The van der Waals surface area contributed by atoms with Crippen LogP contribution in [-0.2, 0) is 16.1 Å². The van der Waals surface area contributed by atoms with Gasteiger partial charge in [0, 0.05) is 10.0 Å². The Hall–Kier alpha value is -2.41. The molecule has 2 aromatic rings. The van der Waals surface area contributed by atoms with E-state index in [0.717, 1.165) is 10.0 Å². The second kappa shape index (κ2) is 6.84. The minimum atomic E-state index is -0.786. The lowest BCUT2D eigenvalue weighted by Gasteiger charge is -2.25. The van der Waals surface area contributed by atoms with Crippen LogP contribution in [0.1, 0.15) is 5.56 Å². The monoisotopic (exact) mass is 406 g/mol. The second-order valence-electron chi connectivity index (χ2n) is 5.56. The van der Waals surface area contributed by atoms with Gasteiger partial charge in [0.25, 0.3) is 0 Å². The third-order valence-electron chi connectivity index (χ3n) is 3.85. The van der Waals surface area contributed by atoms with Crippen molar-refractivity contribution >= 4 is 21.9 Å². The first-order valence-electron chi connectivity index (χ1n) is 7.84. The summed E-state index contributed by atoms with van der Waals surface area (Å²) in [7, 11) is 0. The number of rotatable bonds is 3. The first-order chi connectivity index (χ1) is 12.2. The van der Waals surface area contributed by atoms with Crippen molar-refractivity contribution < 1.29 is 28.5 Å². The van der Waals surface area contributed by atoms with Gasteiger partial charge in [-0.2, -0.15) is 0 Å². The molecule has 6 nitrogen and oxygen atoms in total. The number of para-hydroxylation sites is 2. The van der Waals surface area contributed by atoms with Crippen molar-refractivity contribution in [1.82, 2.24) is 0 Å². The summed E-state index contributed by atoms with van der Waals surface area (Å²) in [5.74, 6) is 2.01. The van der Waals surface area contributed by atoms with E-state index in [1.54, 1.807) is 18.2 Å². The fourth-order valence-electron chi connectivity index (χ4n) is 2.59. The van der Waals surface area contributed by atoms with E-state index < -0.39 is 12.1 Å². The Morgan fingerprint density at radius 2 is 1.76 bits per heavy atom. The average molecular weight is 407 g/mol. The molecule has 0 aliphatic carbocycles. The van der Waals surface area contributed by atoms with Crippen LogP contribution in [0.2, 0.25) is 0 Å². The largest absolute Gasteiger partial charge is 0.486 e. The summed E-state index contributed by atoms with van der Waals surface area (Å²) in [6.07, 6.45) is -0.786. The van der Waals surface area contributed by atoms with Crippen LogP contribution in [0, 0.1) is 0 Å². The number of carbonyl (C=O) groups excluding carboxylic acids is 1. The number of hydrogen-bond acceptors (Lipinski definition) is 6. The van der Waals surface area contributed by atoms with Gasteiger partial charge in [0.05, 0.1) is 0 Å². The maximum Gasteiger partial charge on any atom is 0.351 e. The van der Waals surface area contributed by atoms with Crippen molar-refractivity contribution in [2.24, 2.45) is 0 Å². The summed E-state index contributed by atoms with van der Waals surface area (Å²) in [6.45, 7) is 1.24. The van der Waals surface area contributed by atoms with Crippen molar-refractivity contribution in [2.45, 2.75) is 12.7 Å². The molecule has 25 heavy (non-hydrogen) atoms. The van der Waals surface area contributed by atoms with Gasteiger partial charge in [0.1, 0.15) is 26.4 Å². The van der Waals surface area contributed by atoms with Gasteiger partial charge in [-0.3, -0.25) is 0 Å². The molecule has 2 aliphatic rings.